The van der Waals surface area contributed by atoms with Crippen molar-refractivity contribution in [2.24, 2.45) is 0 Å². The van der Waals surface area contributed by atoms with Gasteiger partial charge in [0.2, 0.25) is 6.29 Å². The van der Waals surface area contributed by atoms with Crippen LogP contribution >= 0.6 is 0 Å². The Morgan fingerprint density at radius 2 is 2.24 bits per heavy atom. The highest BCUT2D eigenvalue weighted by Gasteiger charge is 2.19. The molecule has 6 heteroatoms. The fraction of sp³-hybridized carbons (Fsp3) is 0.818. The van der Waals surface area contributed by atoms with Gasteiger partial charge in [-0.25, -0.2) is 0 Å². The molecule has 1 heterocycles. The molecule has 6 nitrogen and oxygen atoms in total. The number of hydrogen-bond donors (Lipinski definition) is 1. The van der Waals surface area contributed by atoms with E-state index in [2.05, 4.69) is 5.32 Å². The van der Waals surface area contributed by atoms with Crippen LogP contribution < -0.4 is 5.32 Å². The van der Waals surface area contributed by atoms with Crippen molar-refractivity contribution in [3.05, 3.63) is 0 Å². The van der Waals surface area contributed by atoms with Crippen LogP contribution in [0, 0.1) is 0 Å². The average Bonchev–Trinajstić information content (AvgIpc) is 2.75. The molecule has 0 amide bonds. The van der Waals surface area contributed by atoms with E-state index in [1.54, 1.807) is 0 Å². The third-order valence-electron chi connectivity index (χ3n) is 2.24. The van der Waals surface area contributed by atoms with Gasteiger partial charge in [-0.15, -0.1) is 0 Å². The molecule has 1 rings (SSSR count). The van der Waals surface area contributed by atoms with Crippen molar-refractivity contribution < 1.29 is 23.8 Å². The Morgan fingerprint density at radius 3 is 2.88 bits per heavy atom. The number of ether oxygens (including phenoxy) is 3. The number of esters is 2. The van der Waals surface area contributed by atoms with Crippen molar-refractivity contribution in [1.29, 1.82) is 0 Å². The van der Waals surface area contributed by atoms with Crippen molar-refractivity contribution in [2.75, 3.05) is 26.3 Å². The first-order valence-corrected chi connectivity index (χ1v) is 5.83. The van der Waals surface area contributed by atoms with Crippen molar-refractivity contribution in [1.82, 2.24) is 5.32 Å². The fourth-order valence-corrected chi connectivity index (χ4v) is 1.43. The molecular formula is C11H19NO5. The summed E-state index contributed by atoms with van der Waals surface area (Å²) >= 11 is 0. The Bertz CT molecular complexity index is 250. The number of rotatable bonds is 7. The highest BCUT2D eigenvalue weighted by molar-refractivity contribution is 5.69. The van der Waals surface area contributed by atoms with Gasteiger partial charge in [-0.2, -0.15) is 0 Å². The highest BCUT2D eigenvalue weighted by Crippen LogP contribution is 2.13. The Hall–Kier alpha value is -1.14. The molecule has 1 fully saturated rings. The second kappa shape index (κ2) is 8.03. The number of hydrogen-bond acceptors (Lipinski definition) is 6. The maximum Gasteiger partial charge on any atom is 0.309 e. The van der Waals surface area contributed by atoms with Gasteiger partial charge in [0.1, 0.15) is 6.61 Å². The summed E-state index contributed by atoms with van der Waals surface area (Å²) in [6, 6.07) is 0. The van der Waals surface area contributed by atoms with E-state index in [-0.39, 0.29) is 18.2 Å². The summed E-state index contributed by atoms with van der Waals surface area (Å²) in [5, 5.41) is 2.98. The molecule has 1 N–H and O–H groups in total. The molecule has 1 aliphatic heterocycles. The Kier molecular flexibility index (Phi) is 6.57. The van der Waals surface area contributed by atoms with Crippen LogP contribution in [0.4, 0.5) is 0 Å². The minimum absolute atomic E-state index is 0.267. The molecule has 0 aromatic carbocycles. The Balaban J connectivity index is 1.91. The first-order chi connectivity index (χ1) is 8.18. The van der Waals surface area contributed by atoms with Gasteiger partial charge in [-0.1, -0.05) is 0 Å². The third kappa shape index (κ3) is 6.91. The van der Waals surface area contributed by atoms with Crippen LogP contribution in [-0.4, -0.2) is 44.5 Å². The zero-order chi connectivity index (χ0) is 12.5. The summed E-state index contributed by atoms with van der Waals surface area (Å²) in [6.45, 7) is 3.38. The Labute approximate surface area is 101 Å². The first kappa shape index (κ1) is 13.9. The zero-order valence-electron chi connectivity index (χ0n) is 10.1. The highest BCUT2D eigenvalue weighted by atomic mass is 16.7. The quantitative estimate of drug-likeness (QED) is 0.510. The Morgan fingerprint density at radius 1 is 1.41 bits per heavy atom. The van der Waals surface area contributed by atoms with Crippen LogP contribution in [0.3, 0.4) is 0 Å². The lowest BCUT2D eigenvalue weighted by Crippen LogP contribution is -2.25. The summed E-state index contributed by atoms with van der Waals surface area (Å²) < 4.78 is 15.0. The number of carbonyl (C=O) groups excluding carboxylic acids is 2. The maximum absolute atomic E-state index is 11.3. The van der Waals surface area contributed by atoms with Crippen LogP contribution in [0.1, 0.15) is 26.2 Å². The molecule has 98 valence electrons. The fourth-order valence-electron chi connectivity index (χ4n) is 1.43. The van der Waals surface area contributed by atoms with E-state index in [1.807, 2.05) is 0 Å². The van der Waals surface area contributed by atoms with E-state index in [0.717, 1.165) is 12.8 Å². The SMILES string of the molecule is CC(=O)OCCNCCC(=O)OC1CCCO1. The first-order valence-electron chi connectivity index (χ1n) is 5.83. The van der Waals surface area contributed by atoms with Crippen LogP contribution in [0.5, 0.6) is 0 Å². The second-order valence-electron chi connectivity index (χ2n) is 3.77. The van der Waals surface area contributed by atoms with Crippen LogP contribution in [0.2, 0.25) is 0 Å². The largest absolute Gasteiger partial charge is 0.465 e. The lowest BCUT2D eigenvalue weighted by Gasteiger charge is -2.11. The smallest absolute Gasteiger partial charge is 0.309 e. The summed E-state index contributed by atoms with van der Waals surface area (Å²) in [6.07, 6.45) is 1.66. The topological polar surface area (TPSA) is 73.9 Å². The van der Waals surface area contributed by atoms with E-state index in [1.165, 1.54) is 6.92 Å². The molecule has 1 unspecified atom stereocenters. The van der Waals surface area contributed by atoms with Gasteiger partial charge in [0.15, 0.2) is 0 Å². The van der Waals surface area contributed by atoms with E-state index in [9.17, 15) is 9.59 Å². The van der Waals surface area contributed by atoms with Gasteiger partial charge >= 0.3 is 11.9 Å². The number of carbonyl (C=O) groups is 2. The molecule has 0 aromatic heterocycles. The van der Waals surface area contributed by atoms with Crippen LogP contribution in [0.15, 0.2) is 0 Å². The van der Waals surface area contributed by atoms with E-state index < -0.39 is 0 Å². The standard InChI is InChI=1S/C11H19NO5/c1-9(13)15-8-6-12-5-4-10(14)17-11-3-2-7-16-11/h11-12H,2-8H2,1H3. The molecule has 0 radical (unpaired) electrons. The van der Waals surface area contributed by atoms with Crippen molar-refractivity contribution >= 4 is 11.9 Å². The average molecular weight is 245 g/mol. The van der Waals surface area contributed by atoms with Crippen LogP contribution in [0.25, 0.3) is 0 Å². The normalized spacial score (nSPS) is 19.0. The summed E-state index contributed by atoms with van der Waals surface area (Å²) in [5.74, 6) is -0.568. The van der Waals surface area contributed by atoms with Gasteiger partial charge in [0.05, 0.1) is 13.0 Å². The minimum atomic E-state index is -0.358. The molecule has 0 aliphatic carbocycles. The van der Waals surface area contributed by atoms with Crippen molar-refractivity contribution in [3.63, 3.8) is 0 Å². The maximum atomic E-state index is 11.3. The van der Waals surface area contributed by atoms with Gasteiger partial charge in [-0.05, 0) is 6.42 Å². The summed E-state index contributed by atoms with van der Waals surface area (Å²) in [4.78, 5) is 21.8. The van der Waals surface area contributed by atoms with Gasteiger partial charge in [0.25, 0.3) is 0 Å². The zero-order valence-corrected chi connectivity index (χ0v) is 10.1. The molecule has 0 bridgehead atoms. The predicted octanol–water partition coefficient (Wildman–Crippen LogP) is 0.209. The molecule has 0 saturated carbocycles. The molecule has 1 atom stereocenters. The minimum Gasteiger partial charge on any atom is -0.465 e. The van der Waals surface area contributed by atoms with Crippen LogP contribution in [-0.2, 0) is 23.8 Å². The monoisotopic (exact) mass is 245 g/mol. The lowest BCUT2D eigenvalue weighted by atomic mass is 10.3. The van der Waals surface area contributed by atoms with Gasteiger partial charge in [-0.3, -0.25) is 9.59 Å². The van der Waals surface area contributed by atoms with E-state index >= 15 is 0 Å². The van der Waals surface area contributed by atoms with Crippen molar-refractivity contribution in [3.8, 4) is 0 Å². The van der Waals surface area contributed by atoms with E-state index in [0.29, 0.717) is 32.7 Å². The molecule has 0 aromatic rings. The summed E-state index contributed by atoms with van der Waals surface area (Å²) in [7, 11) is 0. The number of nitrogens with one attached hydrogen (secondary N) is 1. The summed E-state index contributed by atoms with van der Waals surface area (Å²) in [5.41, 5.74) is 0. The van der Waals surface area contributed by atoms with Crippen molar-refractivity contribution in [2.45, 2.75) is 32.5 Å². The molecule has 0 spiro atoms. The molecule has 1 aliphatic rings. The van der Waals surface area contributed by atoms with Gasteiger partial charge < -0.3 is 19.5 Å². The second-order valence-corrected chi connectivity index (χ2v) is 3.77. The predicted molar refractivity (Wildman–Crippen MR) is 59.2 cm³/mol. The van der Waals surface area contributed by atoms with Gasteiger partial charge in [0, 0.05) is 26.4 Å². The van der Waals surface area contributed by atoms with E-state index in [4.69, 9.17) is 14.2 Å². The lowest BCUT2D eigenvalue weighted by molar-refractivity contribution is -0.169. The molecule has 17 heavy (non-hydrogen) atoms. The molecular weight excluding hydrogens is 226 g/mol. The molecule has 1 saturated heterocycles. The third-order valence-corrected chi connectivity index (χ3v) is 2.24.